The van der Waals surface area contributed by atoms with Crippen molar-refractivity contribution in [3.8, 4) is 0 Å². The van der Waals surface area contributed by atoms with Gasteiger partial charge in [-0.25, -0.2) is 5.01 Å². The number of likely N-dealkylation sites (N-methyl/N-ethyl adjacent to an activating group) is 1. The summed E-state index contributed by atoms with van der Waals surface area (Å²) in [4.78, 5) is 44.8. The van der Waals surface area contributed by atoms with E-state index < -0.39 is 29.6 Å². The fourth-order valence-corrected chi connectivity index (χ4v) is 6.57. The molecule has 0 aliphatic heterocycles. The number of aromatic amines is 1. The molecule has 0 spiro atoms. The van der Waals surface area contributed by atoms with Gasteiger partial charge in [0, 0.05) is 43.3 Å². The first-order chi connectivity index (χ1) is 24.3. The molecule has 1 amide bonds. The highest BCUT2D eigenvalue weighted by Crippen LogP contribution is 2.25. The number of amides is 1. The molecule has 2 atom stereocenters. The summed E-state index contributed by atoms with van der Waals surface area (Å²) in [5.74, 6) is -1.65. The number of hydrogen-bond acceptors (Lipinski definition) is 6. The molecule has 268 valence electrons. The Bertz CT molecular complexity index is 2010. The van der Waals surface area contributed by atoms with Crippen LogP contribution in [0.2, 0.25) is 10.0 Å². The molecule has 0 aliphatic rings. The van der Waals surface area contributed by atoms with E-state index in [0.717, 1.165) is 38.4 Å². The summed E-state index contributed by atoms with van der Waals surface area (Å²) in [5, 5.41) is 15.6. The van der Waals surface area contributed by atoms with Crippen molar-refractivity contribution in [2.45, 2.75) is 70.7 Å². The predicted octanol–water partition coefficient (Wildman–Crippen LogP) is 7.82. The van der Waals surface area contributed by atoms with Crippen LogP contribution in [0.4, 0.5) is 0 Å². The molecule has 1 heterocycles. The minimum Gasteiger partial charge on any atom is -0.481 e. The van der Waals surface area contributed by atoms with Gasteiger partial charge in [0.25, 0.3) is 0 Å². The molecule has 0 saturated carbocycles. The van der Waals surface area contributed by atoms with Crippen LogP contribution >= 0.6 is 23.2 Å². The second-order valence-electron chi connectivity index (χ2n) is 13.9. The molecule has 0 fully saturated rings. The van der Waals surface area contributed by atoms with Gasteiger partial charge in [0.15, 0.2) is 0 Å². The molecule has 3 N–H and O–H groups in total. The molecule has 5 rings (SSSR count). The zero-order valence-electron chi connectivity index (χ0n) is 29.3. The number of halogens is 2. The Labute approximate surface area is 308 Å². The van der Waals surface area contributed by atoms with Crippen LogP contribution in [0, 0.1) is 0 Å². The van der Waals surface area contributed by atoms with E-state index in [1.54, 1.807) is 49.9 Å². The smallest absolute Gasteiger partial charge is 0.307 e. The van der Waals surface area contributed by atoms with Crippen molar-refractivity contribution in [2.75, 3.05) is 13.6 Å². The molecule has 51 heavy (non-hydrogen) atoms. The number of ether oxygens (including phenoxy) is 1. The lowest BCUT2D eigenvalue weighted by Crippen LogP contribution is -2.58. The Morgan fingerprint density at radius 2 is 1.59 bits per heavy atom. The van der Waals surface area contributed by atoms with Crippen molar-refractivity contribution < 1.29 is 24.2 Å². The number of aliphatic carboxylic acids is 1. The second kappa shape index (κ2) is 16.7. The number of fused-ring (bicyclic) bond motifs is 2. The molecule has 0 unspecified atom stereocenters. The maximum absolute atomic E-state index is 14.6. The van der Waals surface area contributed by atoms with Crippen molar-refractivity contribution in [1.82, 2.24) is 20.3 Å². The topological polar surface area (TPSA) is 115 Å². The monoisotopic (exact) mass is 730 g/mol. The number of nitrogens with one attached hydrogen (secondary N) is 2. The molecule has 5 aromatic rings. The maximum atomic E-state index is 14.6. The third-order valence-corrected chi connectivity index (χ3v) is 9.31. The van der Waals surface area contributed by atoms with Crippen molar-refractivity contribution in [3.05, 3.63) is 118 Å². The third-order valence-electron chi connectivity index (χ3n) is 8.57. The zero-order valence-corrected chi connectivity index (χ0v) is 30.8. The summed E-state index contributed by atoms with van der Waals surface area (Å²) >= 11 is 12.5. The van der Waals surface area contributed by atoms with Crippen LogP contribution in [-0.2, 0) is 38.5 Å². The van der Waals surface area contributed by atoms with Crippen LogP contribution in [0.1, 0.15) is 50.3 Å². The van der Waals surface area contributed by atoms with E-state index >= 15 is 0 Å². The third kappa shape index (κ3) is 10.6. The Hall–Kier alpha value is -4.41. The van der Waals surface area contributed by atoms with Crippen LogP contribution < -0.4 is 5.43 Å². The van der Waals surface area contributed by atoms with Gasteiger partial charge in [-0.05, 0) is 79.3 Å². The number of esters is 1. The Balaban J connectivity index is 1.52. The number of para-hydroxylation sites is 1. The van der Waals surface area contributed by atoms with Gasteiger partial charge in [-0.1, -0.05) is 89.9 Å². The molecule has 0 bridgehead atoms. The van der Waals surface area contributed by atoms with E-state index in [9.17, 15) is 19.5 Å². The minimum atomic E-state index is -0.992. The quantitative estimate of drug-likeness (QED) is 0.0743. The van der Waals surface area contributed by atoms with E-state index in [1.165, 1.54) is 0 Å². The standard InChI is InChI=1S/C40H44Cl2N4O5/c1-40(2,3)51-38(49)17-18-46(44-31(23-37(47)48)22-30-24-43-35-12-8-7-11-32(30)35)36(21-26-13-15-28-9-5-6-10-29(28)19-26)39(50)45(4)25-27-14-16-33(41)34(42)20-27/h5-16,19-20,24,31,36,43-44H,17-18,21-23,25H2,1-4H3,(H,47,48)/t31-,36-/m0/s1. The minimum absolute atomic E-state index is 0.0326. The van der Waals surface area contributed by atoms with Crippen molar-refractivity contribution in [2.24, 2.45) is 0 Å². The van der Waals surface area contributed by atoms with Gasteiger partial charge < -0.3 is 19.7 Å². The number of aromatic nitrogens is 1. The summed E-state index contributed by atoms with van der Waals surface area (Å²) in [6.45, 7) is 5.74. The fraction of sp³-hybridized carbons (Fsp3) is 0.325. The highest BCUT2D eigenvalue weighted by molar-refractivity contribution is 6.42. The number of benzene rings is 4. The summed E-state index contributed by atoms with van der Waals surface area (Å²) < 4.78 is 5.63. The molecule has 1 aromatic heterocycles. The highest BCUT2D eigenvalue weighted by Gasteiger charge is 2.32. The number of rotatable bonds is 15. The van der Waals surface area contributed by atoms with Gasteiger partial charge in [0.1, 0.15) is 11.6 Å². The molecule has 11 heteroatoms. The number of carboxylic acid groups (broad SMARTS) is 1. The molecule has 0 aliphatic carbocycles. The first-order valence-corrected chi connectivity index (χ1v) is 17.7. The lowest BCUT2D eigenvalue weighted by Gasteiger charge is -2.36. The molecule has 4 aromatic carbocycles. The van der Waals surface area contributed by atoms with Gasteiger partial charge in [-0.2, -0.15) is 0 Å². The fourth-order valence-electron chi connectivity index (χ4n) is 6.25. The van der Waals surface area contributed by atoms with Gasteiger partial charge in [-0.15, -0.1) is 0 Å². The van der Waals surface area contributed by atoms with Crippen molar-refractivity contribution >= 4 is 62.7 Å². The summed E-state index contributed by atoms with van der Waals surface area (Å²) in [6.07, 6.45) is 2.27. The lowest BCUT2D eigenvalue weighted by atomic mass is 9.99. The SMILES string of the molecule is CN(Cc1ccc(Cl)c(Cl)c1)C(=O)[C@H](Cc1ccc2ccccc2c1)N(CCC(=O)OC(C)(C)C)N[C@H](CC(=O)O)Cc1c[nH]c2ccccc12. The molecule has 0 radical (unpaired) electrons. The Morgan fingerprint density at radius 3 is 2.31 bits per heavy atom. The van der Waals surface area contributed by atoms with E-state index in [0.29, 0.717) is 16.5 Å². The summed E-state index contributed by atoms with van der Waals surface area (Å²) in [6, 6.07) is 25.7. The van der Waals surface area contributed by atoms with E-state index in [4.69, 9.17) is 27.9 Å². The lowest BCUT2D eigenvalue weighted by molar-refractivity contribution is -0.156. The van der Waals surface area contributed by atoms with E-state index in [1.807, 2.05) is 72.9 Å². The largest absolute Gasteiger partial charge is 0.481 e. The summed E-state index contributed by atoms with van der Waals surface area (Å²) in [5.41, 5.74) is 6.31. The number of carbonyl (C=O) groups is 3. The van der Waals surface area contributed by atoms with Crippen LogP contribution in [0.3, 0.4) is 0 Å². The van der Waals surface area contributed by atoms with Gasteiger partial charge in [0.05, 0.1) is 22.9 Å². The van der Waals surface area contributed by atoms with E-state index in [2.05, 4.69) is 16.5 Å². The first kappa shape index (κ1) is 37.8. The van der Waals surface area contributed by atoms with Crippen molar-refractivity contribution in [3.63, 3.8) is 0 Å². The normalized spacial score (nSPS) is 13.0. The van der Waals surface area contributed by atoms with Gasteiger partial charge >= 0.3 is 11.9 Å². The Kier molecular flexibility index (Phi) is 12.4. The molecule has 9 nitrogen and oxygen atoms in total. The van der Waals surface area contributed by atoms with Crippen LogP contribution in [-0.4, -0.2) is 69.1 Å². The highest BCUT2D eigenvalue weighted by atomic mass is 35.5. The molecular weight excluding hydrogens is 687 g/mol. The van der Waals surface area contributed by atoms with E-state index in [-0.39, 0.29) is 38.3 Å². The number of hydrazine groups is 1. The zero-order chi connectivity index (χ0) is 36.7. The first-order valence-electron chi connectivity index (χ1n) is 16.9. The van der Waals surface area contributed by atoms with Crippen LogP contribution in [0.25, 0.3) is 21.7 Å². The average Bonchev–Trinajstić information content (AvgIpc) is 3.48. The van der Waals surface area contributed by atoms with Crippen LogP contribution in [0.15, 0.2) is 91.1 Å². The average molecular weight is 732 g/mol. The number of carboxylic acids is 1. The molecular formula is C40H44Cl2N4O5. The van der Waals surface area contributed by atoms with Crippen LogP contribution in [0.5, 0.6) is 0 Å². The maximum Gasteiger partial charge on any atom is 0.307 e. The predicted molar refractivity (Wildman–Crippen MR) is 203 cm³/mol. The summed E-state index contributed by atoms with van der Waals surface area (Å²) in [7, 11) is 1.71. The molecule has 0 saturated heterocycles. The second-order valence-corrected chi connectivity index (χ2v) is 14.7. The Morgan fingerprint density at radius 1 is 0.882 bits per heavy atom. The number of hydrogen-bond donors (Lipinski definition) is 3. The number of nitrogens with zero attached hydrogens (tertiary/aromatic N) is 2. The number of carbonyl (C=O) groups excluding carboxylic acids is 2. The van der Waals surface area contributed by atoms with Gasteiger partial charge in [-0.3, -0.25) is 19.8 Å². The number of H-pyrrole nitrogens is 1. The van der Waals surface area contributed by atoms with Crippen molar-refractivity contribution in [1.29, 1.82) is 0 Å². The van der Waals surface area contributed by atoms with Gasteiger partial charge in [0.2, 0.25) is 5.91 Å².